The van der Waals surface area contributed by atoms with Gasteiger partial charge in [-0.05, 0) is 32.1 Å². The Hall–Kier alpha value is -0.570. The molecule has 14 heavy (non-hydrogen) atoms. The average Bonchev–Trinajstić information content (AvgIpc) is 2.83. The first kappa shape index (κ1) is 11.5. The van der Waals surface area contributed by atoms with E-state index < -0.39 is 0 Å². The quantitative estimate of drug-likeness (QED) is 0.675. The van der Waals surface area contributed by atoms with Crippen LogP contribution >= 0.6 is 0 Å². The summed E-state index contributed by atoms with van der Waals surface area (Å²) < 4.78 is 0. The number of hydrogen-bond acceptors (Lipinski definition) is 2. The molecule has 0 spiro atoms. The zero-order chi connectivity index (χ0) is 10.6. The van der Waals surface area contributed by atoms with Crippen molar-refractivity contribution in [2.75, 3.05) is 6.54 Å². The molecular weight excluding hydrogens is 176 g/mol. The van der Waals surface area contributed by atoms with Crippen LogP contribution in [0, 0.1) is 5.92 Å². The van der Waals surface area contributed by atoms with Gasteiger partial charge in [-0.15, -0.1) is 0 Å². The Morgan fingerprint density at radius 3 is 2.50 bits per heavy atom. The summed E-state index contributed by atoms with van der Waals surface area (Å²) in [5, 5.41) is 6.20. The second-order valence-corrected chi connectivity index (χ2v) is 4.75. The summed E-state index contributed by atoms with van der Waals surface area (Å²) >= 11 is 0. The Bertz CT molecular complexity index is 188. The lowest BCUT2D eigenvalue weighted by atomic mass is 10.1. The lowest BCUT2D eigenvalue weighted by Gasteiger charge is -2.15. The van der Waals surface area contributed by atoms with E-state index in [-0.39, 0.29) is 5.91 Å². The molecule has 1 aliphatic carbocycles. The summed E-state index contributed by atoms with van der Waals surface area (Å²) in [5.74, 6) is 0.826. The molecular formula is C11H22N2O. The van der Waals surface area contributed by atoms with Crippen LogP contribution in [0.15, 0.2) is 0 Å². The predicted molar refractivity (Wildman–Crippen MR) is 58.1 cm³/mol. The van der Waals surface area contributed by atoms with Gasteiger partial charge < -0.3 is 10.6 Å². The average molecular weight is 198 g/mol. The van der Waals surface area contributed by atoms with Crippen LogP contribution in [0.4, 0.5) is 0 Å². The van der Waals surface area contributed by atoms with E-state index in [4.69, 9.17) is 0 Å². The topological polar surface area (TPSA) is 41.1 Å². The second kappa shape index (κ2) is 5.35. The first-order valence-electron chi connectivity index (χ1n) is 5.60. The molecule has 3 heteroatoms. The molecule has 0 bridgehead atoms. The third kappa shape index (κ3) is 5.22. The largest absolute Gasteiger partial charge is 0.352 e. The molecule has 3 nitrogen and oxygen atoms in total. The molecule has 0 aromatic heterocycles. The fourth-order valence-corrected chi connectivity index (χ4v) is 1.56. The number of carbonyl (C=O) groups is 1. The van der Waals surface area contributed by atoms with Crippen LogP contribution in [0.1, 0.15) is 40.0 Å². The van der Waals surface area contributed by atoms with E-state index in [1.165, 1.54) is 0 Å². The summed E-state index contributed by atoms with van der Waals surface area (Å²) in [5.41, 5.74) is 0. The van der Waals surface area contributed by atoms with Crippen LogP contribution < -0.4 is 10.6 Å². The SMILES string of the molecule is CC(C)CC(C)NCC(=O)NC1CC1. The molecule has 1 saturated carbocycles. The van der Waals surface area contributed by atoms with E-state index in [2.05, 4.69) is 31.4 Å². The van der Waals surface area contributed by atoms with E-state index in [0.29, 0.717) is 24.5 Å². The molecule has 1 fully saturated rings. The first-order valence-corrected chi connectivity index (χ1v) is 5.60. The number of hydrogen-bond donors (Lipinski definition) is 2. The van der Waals surface area contributed by atoms with Gasteiger partial charge in [0.05, 0.1) is 6.54 Å². The van der Waals surface area contributed by atoms with Crippen molar-refractivity contribution in [2.24, 2.45) is 5.92 Å². The molecule has 1 amide bonds. The molecule has 1 unspecified atom stereocenters. The highest BCUT2D eigenvalue weighted by Crippen LogP contribution is 2.18. The third-order valence-electron chi connectivity index (χ3n) is 2.38. The van der Waals surface area contributed by atoms with Crippen LogP contribution in [0.5, 0.6) is 0 Å². The summed E-state index contributed by atoms with van der Waals surface area (Å²) in [6.07, 6.45) is 3.44. The summed E-state index contributed by atoms with van der Waals surface area (Å²) in [7, 11) is 0. The summed E-state index contributed by atoms with van der Waals surface area (Å²) in [6, 6.07) is 0.907. The zero-order valence-electron chi connectivity index (χ0n) is 9.47. The van der Waals surface area contributed by atoms with Gasteiger partial charge in [0, 0.05) is 12.1 Å². The van der Waals surface area contributed by atoms with Crippen molar-refractivity contribution in [2.45, 2.75) is 52.1 Å². The highest BCUT2D eigenvalue weighted by Gasteiger charge is 2.22. The van der Waals surface area contributed by atoms with Crippen molar-refractivity contribution in [3.05, 3.63) is 0 Å². The van der Waals surface area contributed by atoms with E-state index >= 15 is 0 Å². The van der Waals surface area contributed by atoms with Gasteiger partial charge in [0.25, 0.3) is 0 Å². The monoisotopic (exact) mass is 198 g/mol. The molecule has 82 valence electrons. The van der Waals surface area contributed by atoms with Gasteiger partial charge in [-0.2, -0.15) is 0 Å². The maximum Gasteiger partial charge on any atom is 0.234 e. The third-order valence-corrected chi connectivity index (χ3v) is 2.38. The Morgan fingerprint density at radius 2 is 2.00 bits per heavy atom. The van der Waals surface area contributed by atoms with Gasteiger partial charge in [0.1, 0.15) is 0 Å². The van der Waals surface area contributed by atoms with E-state index in [1.807, 2.05) is 0 Å². The smallest absolute Gasteiger partial charge is 0.234 e. The van der Waals surface area contributed by atoms with E-state index in [9.17, 15) is 4.79 Å². The normalized spacial score (nSPS) is 18.3. The van der Waals surface area contributed by atoms with Crippen molar-refractivity contribution in [3.63, 3.8) is 0 Å². The second-order valence-electron chi connectivity index (χ2n) is 4.75. The molecule has 0 radical (unpaired) electrons. The van der Waals surface area contributed by atoms with Crippen molar-refractivity contribution in [3.8, 4) is 0 Å². The Balaban J connectivity index is 2.02. The number of carbonyl (C=O) groups excluding carboxylic acids is 1. The van der Waals surface area contributed by atoms with Gasteiger partial charge in [-0.25, -0.2) is 0 Å². The lowest BCUT2D eigenvalue weighted by Crippen LogP contribution is -2.39. The van der Waals surface area contributed by atoms with Gasteiger partial charge in [0.2, 0.25) is 5.91 Å². The Labute approximate surface area is 86.6 Å². The van der Waals surface area contributed by atoms with Crippen LogP contribution in [0.25, 0.3) is 0 Å². The maximum absolute atomic E-state index is 11.3. The molecule has 1 aliphatic rings. The number of rotatable bonds is 6. The number of amides is 1. The number of nitrogens with one attached hydrogen (secondary N) is 2. The lowest BCUT2D eigenvalue weighted by molar-refractivity contribution is -0.120. The molecule has 0 heterocycles. The molecule has 2 N–H and O–H groups in total. The summed E-state index contributed by atoms with van der Waals surface area (Å²) in [6.45, 7) is 6.99. The van der Waals surface area contributed by atoms with Gasteiger partial charge in [0.15, 0.2) is 0 Å². The van der Waals surface area contributed by atoms with E-state index in [0.717, 1.165) is 19.3 Å². The van der Waals surface area contributed by atoms with Gasteiger partial charge in [-0.1, -0.05) is 13.8 Å². The Kier molecular flexibility index (Phi) is 4.39. The van der Waals surface area contributed by atoms with Crippen molar-refractivity contribution >= 4 is 5.91 Å². The molecule has 0 aromatic rings. The minimum Gasteiger partial charge on any atom is -0.352 e. The maximum atomic E-state index is 11.3. The standard InChI is InChI=1S/C11H22N2O/c1-8(2)6-9(3)12-7-11(14)13-10-4-5-10/h8-10,12H,4-7H2,1-3H3,(H,13,14). The highest BCUT2D eigenvalue weighted by molar-refractivity contribution is 5.78. The van der Waals surface area contributed by atoms with Gasteiger partial charge in [-0.3, -0.25) is 4.79 Å². The van der Waals surface area contributed by atoms with Crippen LogP contribution in [-0.4, -0.2) is 24.5 Å². The Morgan fingerprint density at radius 1 is 1.36 bits per heavy atom. The van der Waals surface area contributed by atoms with Crippen LogP contribution in [-0.2, 0) is 4.79 Å². The molecule has 0 aromatic carbocycles. The molecule has 1 rings (SSSR count). The van der Waals surface area contributed by atoms with E-state index in [1.54, 1.807) is 0 Å². The van der Waals surface area contributed by atoms with Crippen LogP contribution in [0.2, 0.25) is 0 Å². The van der Waals surface area contributed by atoms with Crippen molar-refractivity contribution in [1.29, 1.82) is 0 Å². The van der Waals surface area contributed by atoms with Crippen LogP contribution in [0.3, 0.4) is 0 Å². The fourth-order valence-electron chi connectivity index (χ4n) is 1.56. The fraction of sp³-hybridized carbons (Fsp3) is 0.909. The minimum atomic E-state index is 0.142. The zero-order valence-corrected chi connectivity index (χ0v) is 9.47. The van der Waals surface area contributed by atoms with Crippen molar-refractivity contribution in [1.82, 2.24) is 10.6 Å². The van der Waals surface area contributed by atoms with Crippen molar-refractivity contribution < 1.29 is 4.79 Å². The molecule has 0 aliphatic heterocycles. The predicted octanol–water partition coefficient (Wildman–Crippen LogP) is 1.29. The highest BCUT2D eigenvalue weighted by atomic mass is 16.2. The molecule has 1 atom stereocenters. The first-order chi connectivity index (χ1) is 6.58. The molecule has 0 saturated heterocycles. The van der Waals surface area contributed by atoms with Gasteiger partial charge >= 0.3 is 0 Å². The minimum absolute atomic E-state index is 0.142. The summed E-state index contributed by atoms with van der Waals surface area (Å²) in [4.78, 5) is 11.3.